The molecule has 1 saturated carbocycles. The van der Waals surface area contributed by atoms with E-state index in [0.717, 1.165) is 6.42 Å². The summed E-state index contributed by atoms with van der Waals surface area (Å²) in [7, 11) is 0. The number of thiophene rings is 1. The van der Waals surface area contributed by atoms with Gasteiger partial charge in [0.25, 0.3) is 11.8 Å². The second-order valence-corrected chi connectivity index (χ2v) is 8.30. The molecule has 0 bridgehead atoms. The van der Waals surface area contributed by atoms with Crippen LogP contribution in [0.3, 0.4) is 0 Å². The molecule has 1 aliphatic rings. The van der Waals surface area contributed by atoms with Crippen molar-refractivity contribution in [2.45, 2.75) is 13.3 Å². The largest absolute Gasteiger partial charge is 0.326 e. The van der Waals surface area contributed by atoms with Crippen molar-refractivity contribution in [1.29, 1.82) is 0 Å². The third-order valence-electron chi connectivity index (χ3n) is 5.01. The number of hydrogen-bond acceptors (Lipinski definition) is 4. The summed E-state index contributed by atoms with van der Waals surface area (Å²) in [5.74, 6) is 0.173. The van der Waals surface area contributed by atoms with Gasteiger partial charge in [0, 0.05) is 28.5 Å². The van der Waals surface area contributed by atoms with Crippen LogP contribution in [0.25, 0.3) is 0 Å². The summed E-state index contributed by atoms with van der Waals surface area (Å²) in [5.41, 5.74) is 2.44. The minimum atomic E-state index is -0.251. The minimum absolute atomic E-state index is 0.0333. The zero-order valence-electron chi connectivity index (χ0n) is 16.3. The van der Waals surface area contributed by atoms with Crippen LogP contribution in [0.15, 0.2) is 66.0 Å². The van der Waals surface area contributed by atoms with E-state index in [2.05, 4.69) is 22.9 Å². The van der Waals surface area contributed by atoms with Crippen LogP contribution < -0.4 is 16.0 Å². The fraction of sp³-hybridized carbons (Fsp3) is 0.174. The lowest BCUT2D eigenvalue weighted by molar-refractivity contribution is -0.117. The second-order valence-electron chi connectivity index (χ2n) is 7.35. The molecule has 0 spiro atoms. The second kappa shape index (κ2) is 8.51. The van der Waals surface area contributed by atoms with Crippen molar-refractivity contribution in [2.75, 3.05) is 16.0 Å². The molecule has 0 saturated heterocycles. The van der Waals surface area contributed by atoms with Gasteiger partial charge in [-0.15, -0.1) is 11.3 Å². The first kappa shape index (κ1) is 19.8. The summed E-state index contributed by atoms with van der Waals surface area (Å²) in [6.07, 6.45) is 0.933. The lowest BCUT2D eigenvalue weighted by Crippen LogP contribution is -2.15. The molecule has 3 aromatic rings. The van der Waals surface area contributed by atoms with Crippen LogP contribution in [0, 0.1) is 11.8 Å². The van der Waals surface area contributed by atoms with Crippen molar-refractivity contribution in [3.05, 3.63) is 76.5 Å². The van der Waals surface area contributed by atoms with Crippen LogP contribution in [-0.2, 0) is 4.79 Å². The summed E-state index contributed by atoms with van der Waals surface area (Å²) in [4.78, 5) is 37.2. The van der Waals surface area contributed by atoms with Gasteiger partial charge in [-0.05, 0) is 72.3 Å². The molecule has 3 N–H and O–H groups in total. The Balaban J connectivity index is 1.32. The Morgan fingerprint density at radius 2 is 1.33 bits per heavy atom. The highest BCUT2D eigenvalue weighted by Crippen LogP contribution is 2.38. The molecule has 2 aromatic carbocycles. The molecular weight excluding hydrogens is 398 g/mol. The van der Waals surface area contributed by atoms with Crippen LogP contribution in [-0.4, -0.2) is 17.7 Å². The van der Waals surface area contributed by atoms with Crippen LogP contribution in [0.5, 0.6) is 0 Å². The van der Waals surface area contributed by atoms with Crippen molar-refractivity contribution in [1.82, 2.24) is 0 Å². The number of carbonyl (C=O) groups is 3. The van der Waals surface area contributed by atoms with Crippen molar-refractivity contribution in [2.24, 2.45) is 11.8 Å². The van der Waals surface area contributed by atoms with Crippen molar-refractivity contribution in [3.8, 4) is 0 Å². The van der Waals surface area contributed by atoms with Gasteiger partial charge in [-0.1, -0.05) is 13.0 Å². The molecule has 7 heteroatoms. The molecule has 152 valence electrons. The number of nitrogens with one attached hydrogen (secondary N) is 3. The molecule has 0 radical (unpaired) electrons. The molecular formula is C23H21N3O3S. The monoisotopic (exact) mass is 419 g/mol. The number of anilines is 3. The lowest BCUT2D eigenvalue weighted by atomic mass is 10.1. The average Bonchev–Trinajstić information content (AvgIpc) is 3.24. The van der Waals surface area contributed by atoms with Crippen molar-refractivity contribution >= 4 is 46.1 Å². The Morgan fingerprint density at radius 3 is 1.87 bits per heavy atom. The third kappa shape index (κ3) is 4.75. The van der Waals surface area contributed by atoms with Crippen LogP contribution >= 0.6 is 11.3 Å². The average molecular weight is 420 g/mol. The van der Waals surface area contributed by atoms with Gasteiger partial charge in [0.2, 0.25) is 5.91 Å². The summed E-state index contributed by atoms with van der Waals surface area (Å²) >= 11 is 1.38. The smallest absolute Gasteiger partial charge is 0.265 e. The third-order valence-corrected chi connectivity index (χ3v) is 5.88. The van der Waals surface area contributed by atoms with Gasteiger partial charge >= 0.3 is 0 Å². The first-order valence-corrected chi connectivity index (χ1v) is 10.5. The quantitative estimate of drug-likeness (QED) is 0.534. The molecule has 1 heterocycles. The Bertz CT molecular complexity index is 1060. The molecule has 2 unspecified atom stereocenters. The standard InChI is InChI=1S/C23H21N3O3S/c1-14-13-19(14)22(28)25-16-6-4-15(5-7-16)21(27)24-17-8-10-18(11-9-17)26-23(29)20-3-2-12-30-20/h2-12,14,19H,13H2,1H3,(H,24,27)(H,25,28)(H,26,29). The number of hydrogen-bond donors (Lipinski definition) is 3. The number of benzene rings is 2. The van der Waals surface area contributed by atoms with E-state index >= 15 is 0 Å². The Labute approximate surface area is 178 Å². The maximum Gasteiger partial charge on any atom is 0.265 e. The minimum Gasteiger partial charge on any atom is -0.326 e. The fourth-order valence-electron chi connectivity index (χ4n) is 3.07. The first-order valence-electron chi connectivity index (χ1n) is 9.67. The summed E-state index contributed by atoms with van der Waals surface area (Å²) in [6.45, 7) is 2.06. The van der Waals surface area contributed by atoms with E-state index < -0.39 is 0 Å². The van der Waals surface area contributed by atoms with Crippen molar-refractivity contribution in [3.63, 3.8) is 0 Å². The molecule has 1 fully saturated rings. The van der Waals surface area contributed by atoms with Gasteiger partial charge in [0.1, 0.15) is 0 Å². The van der Waals surface area contributed by atoms with Gasteiger partial charge < -0.3 is 16.0 Å². The normalized spacial score (nSPS) is 17.1. The predicted octanol–water partition coefficient (Wildman–Crippen LogP) is 4.85. The molecule has 6 nitrogen and oxygen atoms in total. The first-order chi connectivity index (χ1) is 14.5. The molecule has 30 heavy (non-hydrogen) atoms. The predicted molar refractivity (Wildman–Crippen MR) is 119 cm³/mol. The summed E-state index contributed by atoms with van der Waals surface area (Å²) in [6, 6.07) is 17.3. The SMILES string of the molecule is CC1CC1C(=O)Nc1ccc(C(=O)Nc2ccc(NC(=O)c3cccs3)cc2)cc1. The number of amides is 3. The molecule has 1 aliphatic carbocycles. The van der Waals surface area contributed by atoms with Crippen LogP contribution in [0.2, 0.25) is 0 Å². The molecule has 1 aromatic heterocycles. The van der Waals surface area contributed by atoms with E-state index in [1.54, 1.807) is 54.6 Å². The van der Waals surface area contributed by atoms with Gasteiger partial charge in [-0.25, -0.2) is 0 Å². The van der Waals surface area contributed by atoms with Gasteiger partial charge in [-0.3, -0.25) is 14.4 Å². The highest BCUT2D eigenvalue weighted by Gasteiger charge is 2.39. The maximum absolute atomic E-state index is 12.5. The van der Waals surface area contributed by atoms with Gasteiger partial charge in [0.15, 0.2) is 0 Å². The molecule has 3 amide bonds. The van der Waals surface area contributed by atoms with Crippen LogP contribution in [0.4, 0.5) is 17.1 Å². The summed E-state index contributed by atoms with van der Waals surface area (Å²) < 4.78 is 0. The number of rotatable bonds is 6. The number of carbonyl (C=O) groups excluding carboxylic acids is 3. The Morgan fingerprint density at radius 1 is 0.800 bits per heavy atom. The highest BCUT2D eigenvalue weighted by atomic mass is 32.1. The van der Waals surface area contributed by atoms with E-state index in [1.165, 1.54) is 11.3 Å². The van der Waals surface area contributed by atoms with E-state index in [0.29, 0.717) is 33.4 Å². The topological polar surface area (TPSA) is 87.3 Å². The van der Waals surface area contributed by atoms with Crippen LogP contribution in [0.1, 0.15) is 33.4 Å². The van der Waals surface area contributed by atoms with E-state index in [9.17, 15) is 14.4 Å². The summed E-state index contributed by atoms with van der Waals surface area (Å²) in [5, 5.41) is 10.4. The fourth-order valence-corrected chi connectivity index (χ4v) is 3.69. The zero-order chi connectivity index (χ0) is 21.1. The van der Waals surface area contributed by atoms with Gasteiger partial charge in [0.05, 0.1) is 4.88 Å². The molecule has 0 aliphatic heterocycles. The lowest BCUT2D eigenvalue weighted by Gasteiger charge is -2.09. The van der Waals surface area contributed by atoms with Crippen molar-refractivity contribution < 1.29 is 14.4 Å². The molecule has 2 atom stereocenters. The zero-order valence-corrected chi connectivity index (χ0v) is 17.2. The molecule has 4 rings (SSSR count). The van der Waals surface area contributed by atoms with E-state index in [4.69, 9.17) is 0 Å². The van der Waals surface area contributed by atoms with E-state index in [-0.39, 0.29) is 23.6 Å². The van der Waals surface area contributed by atoms with E-state index in [1.807, 2.05) is 11.4 Å². The highest BCUT2D eigenvalue weighted by molar-refractivity contribution is 7.12. The Kier molecular flexibility index (Phi) is 5.63. The van der Waals surface area contributed by atoms with Gasteiger partial charge in [-0.2, -0.15) is 0 Å². The maximum atomic E-state index is 12.5. The Hall–Kier alpha value is -3.45.